The highest BCUT2D eigenvalue weighted by Gasteiger charge is 2.22. The fourth-order valence-electron chi connectivity index (χ4n) is 0.623. The minimum Gasteiger partial charge on any atom is -0.343 e. The van der Waals surface area contributed by atoms with E-state index >= 15 is 0 Å². The van der Waals surface area contributed by atoms with Crippen LogP contribution in [-0.4, -0.2) is 18.1 Å². The molecule has 0 aromatic heterocycles. The van der Waals surface area contributed by atoms with Crippen molar-refractivity contribution in [2.75, 3.05) is 6.67 Å². The number of allylic oxidation sites excluding steroid dienone is 1. The molecule has 0 atom stereocenters. The summed E-state index contributed by atoms with van der Waals surface area (Å²) in [5.74, 6) is -1.70. The molecule has 0 aromatic carbocycles. The molecule has 4 heteroatoms. The Morgan fingerprint density at radius 3 is 2.15 bits per heavy atom. The Kier molecular flexibility index (Phi) is 4.04. The van der Waals surface area contributed by atoms with Gasteiger partial charge in [0, 0.05) is 0 Å². The number of nitrogens with one attached hydrogen (secondary N) is 1. The van der Waals surface area contributed by atoms with Gasteiger partial charge in [0.25, 0.3) is 5.91 Å². The third-order valence-corrected chi connectivity index (χ3v) is 1.42. The van der Waals surface area contributed by atoms with Gasteiger partial charge in [-0.2, -0.15) is 0 Å². The van der Waals surface area contributed by atoms with Gasteiger partial charge in [-0.25, -0.2) is 8.78 Å². The van der Waals surface area contributed by atoms with E-state index in [2.05, 4.69) is 5.32 Å². The van der Waals surface area contributed by atoms with Gasteiger partial charge in [-0.1, -0.05) is 0 Å². The maximum Gasteiger partial charge on any atom is 0.280 e. The zero-order valence-corrected chi connectivity index (χ0v) is 8.37. The van der Waals surface area contributed by atoms with Crippen LogP contribution in [0.15, 0.2) is 11.4 Å². The highest BCUT2D eigenvalue weighted by molar-refractivity contribution is 5.92. The quantitative estimate of drug-likeness (QED) is 0.680. The summed E-state index contributed by atoms with van der Waals surface area (Å²) < 4.78 is 25.2. The zero-order chi connectivity index (χ0) is 10.6. The Balaban J connectivity index is 4.42. The van der Waals surface area contributed by atoms with Crippen molar-refractivity contribution in [1.82, 2.24) is 5.32 Å². The monoisotopic (exact) mass is 191 g/mol. The minimum atomic E-state index is -1.01. The van der Waals surface area contributed by atoms with Crippen LogP contribution in [0, 0.1) is 0 Å². The van der Waals surface area contributed by atoms with Gasteiger partial charge in [-0.05, 0) is 33.3 Å². The predicted molar refractivity (Wildman–Crippen MR) is 47.7 cm³/mol. The summed E-state index contributed by atoms with van der Waals surface area (Å²) >= 11 is 0. The van der Waals surface area contributed by atoms with E-state index in [-0.39, 0.29) is 5.57 Å². The molecular formula is C9H15F2NO. The van der Waals surface area contributed by atoms with Crippen molar-refractivity contribution in [3.8, 4) is 0 Å². The Morgan fingerprint density at radius 1 is 1.38 bits per heavy atom. The molecule has 13 heavy (non-hydrogen) atoms. The van der Waals surface area contributed by atoms with Gasteiger partial charge in [0.2, 0.25) is 0 Å². The lowest BCUT2D eigenvalue weighted by molar-refractivity contribution is -0.120. The summed E-state index contributed by atoms with van der Waals surface area (Å²) in [5, 5.41) is 2.24. The van der Waals surface area contributed by atoms with Crippen molar-refractivity contribution >= 4 is 5.91 Å². The molecule has 1 amide bonds. The molecule has 0 fully saturated rings. The van der Waals surface area contributed by atoms with Crippen molar-refractivity contribution < 1.29 is 13.6 Å². The van der Waals surface area contributed by atoms with Gasteiger partial charge in [0.05, 0.1) is 5.54 Å². The first-order chi connectivity index (χ1) is 5.80. The molecule has 0 saturated heterocycles. The van der Waals surface area contributed by atoms with Crippen LogP contribution in [-0.2, 0) is 4.79 Å². The topological polar surface area (TPSA) is 29.1 Å². The van der Waals surface area contributed by atoms with Gasteiger partial charge in [-0.3, -0.25) is 4.79 Å². The molecule has 0 aliphatic carbocycles. The standard InChI is InChI=1S/C9H15F2NO/c1-6(2)7(11)8(13)12-9(3,4)5-10/h5H2,1-4H3,(H,12,13). The summed E-state index contributed by atoms with van der Waals surface area (Å²) in [6.45, 7) is 5.22. The van der Waals surface area contributed by atoms with E-state index in [1.807, 2.05) is 0 Å². The van der Waals surface area contributed by atoms with Crippen LogP contribution in [0.5, 0.6) is 0 Å². The number of hydrogen-bond donors (Lipinski definition) is 1. The third-order valence-electron chi connectivity index (χ3n) is 1.42. The van der Waals surface area contributed by atoms with Crippen molar-refractivity contribution in [3.63, 3.8) is 0 Å². The third kappa shape index (κ3) is 4.01. The van der Waals surface area contributed by atoms with Gasteiger partial charge in [0.1, 0.15) is 6.67 Å². The maximum absolute atomic E-state index is 12.9. The van der Waals surface area contributed by atoms with Crippen LogP contribution < -0.4 is 5.32 Å². The molecule has 0 unspecified atom stereocenters. The highest BCUT2D eigenvalue weighted by Crippen LogP contribution is 2.08. The van der Waals surface area contributed by atoms with Crippen LogP contribution in [0.3, 0.4) is 0 Å². The molecule has 0 radical (unpaired) electrons. The van der Waals surface area contributed by atoms with E-state index in [1.54, 1.807) is 0 Å². The normalized spacial score (nSPS) is 10.9. The van der Waals surface area contributed by atoms with Gasteiger partial charge >= 0.3 is 0 Å². The highest BCUT2D eigenvalue weighted by atomic mass is 19.1. The Bertz CT molecular complexity index is 230. The predicted octanol–water partition coefficient (Wildman–Crippen LogP) is 2.11. The number of carbonyl (C=O) groups excluding carboxylic acids is 1. The average molecular weight is 191 g/mol. The van der Waals surface area contributed by atoms with E-state index < -0.39 is 23.9 Å². The number of carbonyl (C=O) groups is 1. The number of hydrogen-bond acceptors (Lipinski definition) is 1. The van der Waals surface area contributed by atoms with E-state index in [4.69, 9.17) is 0 Å². The van der Waals surface area contributed by atoms with Crippen molar-refractivity contribution in [3.05, 3.63) is 11.4 Å². The minimum absolute atomic E-state index is 0.284. The summed E-state index contributed by atoms with van der Waals surface area (Å²) in [4.78, 5) is 11.0. The summed E-state index contributed by atoms with van der Waals surface area (Å²) in [6.07, 6.45) is 0. The lowest BCUT2D eigenvalue weighted by atomic mass is 10.1. The summed E-state index contributed by atoms with van der Waals surface area (Å²) in [6, 6.07) is 0. The Labute approximate surface area is 77.0 Å². The molecule has 0 bridgehead atoms. The zero-order valence-electron chi connectivity index (χ0n) is 8.37. The summed E-state index contributed by atoms with van der Waals surface area (Å²) in [7, 11) is 0. The molecule has 0 heterocycles. The Hall–Kier alpha value is -0.930. The fourth-order valence-corrected chi connectivity index (χ4v) is 0.623. The number of halogens is 2. The molecule has 0 aromatic rings. The van der Waals surface area contributed by atoms with Crippen LogP contribution >= 0.6 is 0 Å². The largest absolute Gasteiger partial charge is 0.343 e. The molecular weight excluding hydrogens is 176 g/mol. The SMILES string of the molecule is CC(C)=C(F)C(=O)NC(C)(C)CF. The number of amides is 1. The molecule has 0 aliphatic rings. The van der Waals surface area contributed by atoms with Crippen LogP contribution in [0.25, 0.3) is 0 Å². The molecule has 0 rings (SSSR count). The van der Waals surface area contributed by atoms with Crippen molar-refractivity contribution in [2.24, 2.45) is 0 Å². The smallest absolute Gasteiger partial charge is 0.280 e. The van der Waals surface area contributed by atoms with Crippen LogP contribution in [0.4, 0.5) is 8.78 Å². The van der Waals surface area contributed by atoms with Crippen LogP contribution in [0.2, 0.25) is 0 Å². The van der Waals surface area contributed by atoms with Crippen molar-refractivity contribution in [2.45, 2.75) is 33.2 Å². The van der Waals surface area contributed by atoms with Gasteiger partial charge in [0.15, 0.2) is 5.83 Å². The molecule has 2 nitrogen and oxygen atoms in total. The second-order valence-electron chi connectivity index (χ2n) is 3.79. The molecule has 76 valence electrons. The number of rotatable bonds is 3. The van der Waals surface area contributed by atoms with E-state index in [0.29, 0.717) is 0 Å². The fraction of sp³-hybridized carbons (Fsp3) is 0.667. The van der Waals surface area contributed by atoms with E-state index in [0.717, 1.165) is 0 Å². The van der Waals surface area contributed by atoms with E-state index in [9.17, 15) is 13.6 Å². The molecule has 0 aliphatic heterocycles. The summed E-state index contributed by atoms with van der Waals surface area (Å²) in [5.41, 5.74) is -0.726. The first-order valence-corrected chi connectivity index (χ1v) is 4.01. The second-order valence-corrected chi connectivity index (χ2v) is 3.79. The van der Waals surface area contributed by atoms with Gasteiger partial charge in [-0.15, -0.1) is 0 Å². The second kappa shape index (κ2) is 4.35. The molecule has 0 saturated carbocycles. The van der Waals surface area contributed by atoms with Crippen LogP contribution in [0.1, 0.15) is 27.7 Å². The maximum atomic E-state index is 12.9. The van der Waals surface area contributed by atoms with Gasteiger partial charge < -0.3 is 5.32 Å². The molecule has 0 spiro atoms. The lowest BCUT2D eigenvalue weighted by Gasteiger charge is -2.21. The van der Waals surface area contributed by atoms with Crippen molar-refractivity contribution in [1.29, 1.82) is 0 Å². The molecule has 1 N–H and O–H groups in total. The first-order valence-electron chi connectivity index (χ1n) is 4.01. The Morgan fingerprint density at radius 2 is 1.85 bits per heavy atom. The first kappa shape index (κ1) is 12.1. The average Bonchev–Trinajstić information content (AvgIpc) is 2.02. The lowest BCUT2D eigenvalue weighted by Crippen LogP contribution is -2.45. The van der Waals surface area contributed by atoms with E-state index in [1.165, 1.54) is 27.7 Å². The number of alkyl halides is 1.